The highest BCUT2D eigenvalue weighted by Crippen LogP contribution is 2.38. The number of piperidine rings is 1. The van der Waals surface area contributed by atoms with E-state index in [1.54, 1.807) is 0 Å². The Morgan fingerprint density at radius 1 is 1.25 bits per heavy atom. The molecule has 1 aromatic rings. The lowest BCUT2D eigenvalue weighted by Crippen LogP contribution is -2.54. The fourth-order valence-corrected chi connectivity index (χ4v) is 2.74. The Kier molecular flexibility index (Phi) is 5.74. The number of carbonyl (C=O) groups excluding carboxylic acids is 1. The maximum Gasteiger partial charge on any atom is 0.417 e. The number of halogens is 3. The van der Waals surface area contributed by atoms with Crippen LogP contribution >= 0.6 is 0 Å². The minimum absolute atomic E-state index is 0.0713. The maximum atomic E-state index is 12.7. The summed E-state index contributed by atoms with van der Waals surface area (Å²) < 4.78 is 43.6. The van der Waals surface area contributed by atoms with Crippen molar-refractivity contribution in [3.05, 3.63) is 29.8 Å². The smallest absolute Gasteiger partial charge is 0.417 e. The number of aryl methyl sites for hydroxylation is 1. The van der Waals surface area contributed by atoms with Gasteiger partial charge in [-0.1, -0.05) is 12.1 Å². The van der Waals surface area contributed by atoms with Crippen LogP contribution in [0.5, 0.6) is 5.75 Å². The summed E-state index contributed by atoms with van der Waals surface area (Å²) in [5.41, 5.74) is -1.70. The third-order valence-corrected chi connectivity index (χ3v) is 4.33. The van der Waals surface area contributed by atoms with Gasteiger partial charge in [0.05, 0.1) is 6.61 Å². The molecule has 0 aliphatic carbocycles. The van der Waals surface area contributed by atoms with Crippen LogP contribution in [-0.4, -0.2) is 47.4 Å². The van der Waals surface area contributed by atoms with Gasteiger partial charge in [0.2, 0.25) is 5.91 Å². The highest BCUT2D eigenvalue weighted by molar-refractivity contribution is 5.76. The van der Waals surface area contributed by atoms with E-state index in [1.807, 2.05) is 31.2 Å². The summed E-state index contributed by atoms with van der Waals surface area (Å²) >= 11 is 0. The van der Waals surface area contributed by atoms with Gasteiger partial charge >= 0.3 is 6.18 Å². The highest BCUT2D eigenvalue weighted by Gasteiger charge is 2.54. The van der Waals surface area contributed by atoms with E-state index < -0.39 is 24.6 Å². The second-order valence-corrected chi connectivity index (χ2v) is 5.99. The summed E-state index contributed by atoms with van der Waals surface area (Å²) in [4.78, 5) is 13.5. The van der Waals surface area contributed by atoms with Crippen molar-refractivity contribution in [3.8, 4) is 5.75 Å². The molecule has 1 aromatic carbocycles. The van der Waals surface area contributed by atoms with Gasteiger partial charge in [0.1, 0.15) is 5.75 Å². The number of alkyl halides is 3. The van der Waals surface area contributed by atoms with E-state index in [0.717, 1.165) is 11.3 Å². The number of hydrogen-bond donors (Lipinski definition) is 1. The van der Waals surface area contributed by atoms with Crippen LogP contribution in [0.3, 0.4) is 0 Å². The van der Waals surface area contributed by atoms with Gasteiger partial charge in [-0.25, -0.2) is 0 Å². The molecule has 0 spiro atoms. The number of ether oxygens (including phenoxy) is 1. The van der Waals surface area contributed by atoms with E-state index in [2.05, 4.69) is 0 Å². The van der Waals surface area contributed by atoms with E-state index >= 15 is 0 Å². The zero-order valence-electron chi connectivity index (χ0n) is 13.6. The van der Waals surface area contributed by atoms with Crippen molar-refractivity contribution in [2.75, 3.05) is 19.7 Å². The van der Waals surface area contributed by atoms with Crippen molar-refractivity contribution in [1.82, 2.24) is 4.90 Å². The number of aliphatic hydroxyl groups is 1. The topological polar surface area (TPSA) is 49.8 Å². The van der Waals surface area contributed by atoms with Gasteiger partial charge in [0, 0.05) is 32.4 Å². The van der Waals surface area contributed by atoms with E-state index in [-0.39, 0.29) is 25.4 Å². The minimum atomic E-state index is -4.65. The van der Waals surface area contributed by atoms with Crippen molar-refractivity contribution in [2.45, 2.75) is 44.4 Å². The Bertz CT molecular complexity index is 549. The standard InChI is InChI=1S/C17H22F3NO3/c1-2-24-14-6-3-13(4-7-14)5-8-15(22)21-11-9-16(23,10-12-21)17(18,19)20/h3-4,6-7,23H,2,5,8-12H2,1H3. The summed E-state index contributed by atoms with van der Waals surface area (Å²) in [6.45, 7) is 2.33. The van der Waals surface area contributed by atoms with Gasteiger partial charge in [-0.2, -0.15) is 13.2 Å². The third-order valence-electron chi connectivity index (χ3n) is 4.33. The number of carbonyl (C=O) groups is 1. The van der Waals surface area contributed by atoms with Crippen LogP contribution < -0.4 is 4.74 Å². The monoisotopic (exact) mass is 345 g/mol. The number of hydrogen-bond acceptors (Lipinski definition) is 3. The van der Waals surface area contributed by atoms with Crippen molar-refractivity contribution in [3.63, 3.8) is 0 Å². The Hall–Kier alpha value is -1.76. The number of benzene rings is 1. The summed E-state index contributed by atoms with van der Waals surface area (Å²) in [6.07, 6.45) is -4.83. The molecule has 0 bridgehead atoms. The van der Waals surface area contributed by atoms with Crippen LogP contribution in [0.15, 0.2) is 24.3 Å². The molecule has 0 atom stereocenters. The first-order valence-corrected chi connectivity index (χ1v) is 8.04. The molecule has 1 fully saturated rings. The largest absolute Gasteiger partial charge is 0.494 e. The van der Waals surface area contributed by atoms with Gasteiger partial charge in [-0.05, 0) is 31.0 Å². The summed E-state index contributed by atoms with van der Waals surface area (Å²) in [5, 5.41) is 9.61. The first kappa shape index (κ1) is 18.6. The molecule has 134 valence electrons. The lowest BCUT2D eigenvalue weighted by molar-refractivity contribution is -0.272. The minimum Gasteiger partial charge on any atom is -0.494 e. The average molecular weight is 345 g/mol. The maximum absolute atomic E-state index is 12.7. The van der Waals surface area contributed by atoms with Gasteiger partial charge in [0.15, 0.2) is 5.60 Å². The van der Waals surface area contributed by atoms with Crippen molar-refractivity contribution in [1.29, 1.82) is 0 Å². The van der Waals surface area contributed by atoms with Crippen LogP contribution in [0.1, 0.15) is 31.7 Å². The normalized spacial score (nSPS) is 17.6. The molecule has 1 amide bonds. The molecule has 4 nitrogen and oxygen atoms in total. The van der Waals surface area contributed by atoms with Crippen LogP contribution in [-0.2, 0) is 11.2 Å². The van der Waals surface area contributed by atoms with E-state index in [0.29, 0.717) is 13.0 Å². The first-order chi connectivity index (χ1) is 11.2. The van der Waals surface area contributed by atoms with Crippen molar-refractivity contribution < 1.29 is 27.8 Å². The lowest BCUT2D eigenvalue weighted by Gasteiger charge is -2.39. The number of likely N-dealkylation sites (tertiary alicyclic amines) is 1. The van der Waals surface area contributed by atoms with E-state index in [4.69, 9.17) is 4.74 Å². The van der Waals surface area contributed by atoms with Gasteiger partial charge in [-0.3, -0.25) is 4.79 Å². The zero-order chi connectivity index (χ0) is 17.8. The van der Waals surface area contributed by atoms with Gasteiger partial charge < -0.3 is 14.7 Å². The molecule has 1 heterocycles. The van der Waals surface area contributed by atoms with Crippen LogP contribution in [0.2, 0.25) is 0 Å². The predicted octanol–water partition coefficient (Wildman–Crippen LogP) is 2.93. The molecule has 2 rings (SSSR count). The molecule has 0 saturated carbocycles. The van der Waals surface area contributed by atoms with Gasteiger partial charge in [0.25, 0.3) is 0 Å². The molecule has 1 N–H and O–H groups in total. The zero-order valence-corrected chi connectivity index (χ0v) is 13.6. The van der Waals surface area contributed by atoms with E-state index in [9.17, 15) is 23.1 Å². The first-order valence-electron chi connectivity index (χ1n) is 8.04. The lowest BCUT2D eigenvalue weighted by atomic mass is 9.90. The van der Waals surface area contributed by atoms with Crippen molar-refractivity contribution >= 4 is 5.91 Å². The molecule has 7 heteroatoms. The fourth-order valence-electron chi connectivity index (χ4n) is 2.74. The second-order valence-electron chi connectivity index (χ2n) is 5.99. The molecular weight excluding hydrogens is 323 g/mol. The predicted molar refractivity (Wildman–Crippen MR) is 82.8 cm³/mol. The molecule has 24 heavy (non-hydrogen) atoms. The number of rotatable bonds is 5. The Labute approximate surface area is 139 Å². The van der Waals surface area contributed by atoms with Crippen molar-refractivity contribution in [2.24, 2.45) is 0 Å². The highest BCUT2D eigenvalue weighted by atomic mass is 19.4. The summed E-state index contributed by atoms with van der Waals surface area (Å²) in [6, 6.07) is 7.40. The third kappa shape index (κ3) is 4.41. The Morgan fingerprint density at radius 3 is 2.33 bits per heavy atom. The molecule has 1 aliphatic rings. The van der Waals surface area contributed by atoms with Crippen LogP contribution in [0.4, 0.5) is 13.2 Å². The molecule has 1 aliphatic heterocycles. The Morgan fingerprint density at radius 2 is 1.83 bits per heavy atom. The van der Waals surface area contributed by atoms with Crippen LogP contribution in [0, 0.1) is 0 Å². The summed E-state index contributed by atoms with van der Waals surface area (Å²) in [7, 11) is 0. The van der Waals surface area contributed by atoms with E-state index in [1.165, 1.54) is 4.90 Å². The quantitative estimate of drug-likeness (QED) is 0.893. The fraction of sp³-hybridized carbons (Fsp3) is 0.588. The molecule has 0 aromatic heterocycles. The van der Waals surface area contributed by atoms with Crippen LogP contribution in [0.25, 0.3) is 0 Å². The number of nitrogens with zero attached hydrogens (tertiary/aromatic N) is 1. The molecule has 0 unspecified atom stereocenters. The number of amides is 1. The summed E-state index contributed by atoms with van der Waals surface area (Å²) in [5.74, 6) is 0.572. The van der Waals surface area contributed by atoms with Gasteiger partial charge in [-0.15, -0.1) is 0 Å². The molecule has 0 radical (unpaired) electrons. The second kappa shape index (κ2) is 7.42. The SMILES string of the molecule is CCOc1ccc(CCC(=O)N2CCC(O)(C(F)(F)F)CC2)cc1. The molecular formula is C17H22F3NO3. The molecule has 1 saturated heterocycles. The Balaban J connectivity index is 1.81. The average Bonchev–Trinajstić information content (AvgIpc) is 2.54.